The monoisotopic (exact) mass is 511 g/mol. The molecule has 2 aromatic carbocycles. The maximum Gasteiger partial charge on any atom is 0.228 e. The Labute approximate surface area is 219 Å². The van der Waals surface area contributed by atoms with Crippen LogP contribution in [0.5, 0.6) is 0 Å². The van der Waals surface area contributed by atoms with Gasteiger partial charge in [0.2, 0.25) is 5.95 Å². The number of fused-ring (bicyclic) bond motifs is 4. The lowest BCUT2D eigenvalue weighted by Gasteiger charge is -2.40. The molecule has 7 rings (SSSR count). The highest BCUT2D eigenvalue weighted by Gasteiger charge is 2.35. The number of nitrogens with zero attached hydrogens (tertiary/aromatic N) is 5. The molecule has 3 saturated heterocycles. The van der Waals surface area contributed by atoms with Crippen LogP contribution >= 0.6 is 0 Å². The molecule has 2 atom stereocenters. The van der Waals surface area contributed by atoms with E-state index in [1.807, 2.05) is 13.1 Å². The topological polar surface area (TPSA) is 69.2 Å². The Morgan fingerprint density at radius 1 is 1.03 bits per heavy atom. The predicted octanol–water partition coefficient (Wildman–Crippen LogP) is 3.45. The minimum Gasteiger partial charge on any atom is -0.353 e. The molecular weight excluding hydrogens is 484 g/mol. The van der Waals surface area contributed by atoms with Gasteiger partial charge in [-0.2, -0.15) is 4.98 Å². The molecule has 0 saturated carbocycles. The van der Waals surface area contributed by atoms with Gasteiger partial charge in [-0.25, -0.2) is 13.8 Å². The Hall–Kier alpha value is -3.87. The highest BCUT2D eigenvalue weighted by atomic mass is 19.1. The van der Waals surface area contributed by atoms with Crippen molar-refractivity contribution in [1.82, 2.24) is 25.6 Å². The molecule has 0 amide bonds. The molecule has 9 heteroatoms. The second-order valence-corrected chi connectivity index (χ2v) is 10.4. The van der Waals surface area contributed by atoms with Crippen LogP contribution in [0.3, 0.4) is 0 Å². The molecule has 2 bridgehead atoms. The largest absolute Gasteiger partial charge is 0.353 e. The van der Waals surface area contributed by atoms with E-state index in [2.05, 4.69) is 31.3 Å². The first-order valence-electron chi connectivity index (χ1n) is 13.0. The molecular formula is C29H27F2N7. The van der Waals surface area contributed by atoms with Crippen LogP contribution in [0.25, 0.3) is 32.9 Å². The van der Waals surface area contributed by atoms with Crippen molar-refractivity contribution in [3.8, 4) is 23.6 Å². The molecule has 3 aliphatic rings. The van der Waals surface area contributed by atoms with Crippen LogP contribution in [0.15, 0.2) is 36.5 Å². The van der Waals surface area contributed by atoms with Gasteiger partial charge in [-0.15, -0.1) is 6.42 Å². The van der Waals surface area contributed by atoms with E-state index >= 15 is 4.39 Å². The average molecular weight is 512 g/mol. The third kappa shape index (κ3) is 3.59. The first kappa shape index (κ1) is 23.3. The maximum absolute atomic E-state index is 16.5. The number of halogens is 2. The fourth-order valence-corrected chi connectivity index (χ4v) is 6.09. The first-order valence-corrected chi connectivity index (χ1v) is 13.0. The van der Waals surface area contributed by atoms with Crippen LogP contribution in [-0.4, -0.2) is 66.3 Å². The molecule has 0 spiro atoms. The van der Waals surface area contributed by atoms with E-state index in [1.54, 1.807) is 24.4 Å². The second kappa shape index (κ2) is 8.86. The lowest BCUT2D eigenvalue weighted by molar-refractivity contribution is 0.442. The SMILES string of the molecule is C#Cc1c(F)ccc2cccc(-c3ncc4c(N5CC6CCC(C5)N6)nc(N5CC(NC)C5)nc4c3F)c12. The fraction of sp³-hybridized carbons (Fsp3) is 0.345. The van der Waals surface area contributed by atoms with Gasteiger partial charge < -0.3 is 20.4 Å². The summed E-state index contributed by atoms with van der Waals surface area (Å²) in [5.74, 6) is 2.58. The van der Waals surface area contributed by atoms with Gasteiger partial charge in [-0.05, 0) is 31.3 Å². The maximum atomic E-state index is 16.5. The Kier molecular flexibility index (Phi) is 5.42. The van der Waals surface area contributed by atoms with E-state index in [0.717, 1.165) is 44.4 Å². The van der Waals surface area contributed by atoms with Gasteiger partial charge in [0.25, 0.3) is 0 Å². The van der Waals surface area contributed by atoms with Crippen molar-refractivity contribution in [3.05, 3.63) is 53.7 Å². The van der Waals surface area contributed by atoms with Crippen molar-refractivity contribution in [2.45, 2.75) is 31.0 Å². The highest BCUT2D eigenvalue weighted by Crippen LogP contribution is 2.37. The highest BCUT2D eigenvalue weighted by molar-refractivity contribution is 6.02. The van der Waals surface area contributed by atoms with Crippen molar-refractivity contribution < 1.29 is 8.78 Å². The summed E-state index contributed by atoms with van der Waals surface area (Å²) in [4.78, 5) is 18.5. The van der Waals surface area contributed by atoms with Crippen LogP contribution < -0.4 is 20.4 Å². The Bertz CT molecular complexity index is 1610. The number of anilines is 2. The quantitative estimate of drug-likeness (QED) is 0.407. The van der Waals surface area contributed by atoms with Crippen LogP contribution in [0, 0.1) is 24.0 Å². The standard InChI is InChI=1S/C29H27F2N7/c1-3-20-23(30)10-7-16-5-4-6-21(24(16)20)26-25(31)27-22(11-33-26)28(37-12-17-8-9-18(13-37)34-17)36-29(35-27)38-14-19(15-38)32-2/h1,4-7,10-11,17-19,32,34H,8-9,12-15H2,2H3. The lowest BCUT2D eigenvalue weighted by atomic mass is 9.96. The summed E-state index contributed by atoms with van der Waals surface area (Å²) in [6.07, 6.45) is 9.57. The van der Waals surface area contributed by atoms with Gasteiger partial charge in [0.05, 0.1) is 10.9 Å². The summed E-state index contributed by atoms with van der Waals surface area (Å²) in [5.41, 5.74) is 0.844. The van der Waals surface area contributed by atoms with E-state index in [4.69, 9.17) is 16.4 Å². The fourth-order valence-electron chi connectivity index (χ4n) is 6.09. The number of aromatic nitrogens is 3. The van der Waals surface area contributed by atoms with E-state index in [-0.39, 0.29) is 16.8 Å². The number of rotatable bonds is 4. The second-order valence-electron chi connectivity index (χ2n) is 10.4. The van der Waals surface area contributed by atoms with Gasteiger partial charge in [0.15, 0.2) is 5.82 Å². The van der Waals surface area contributed by atoms with E-state index < -0.39 is 11.6 Å². The van der Waals surface area contributed by atoms with E-state index in [0.29, 0.717) is 46.2 Å². The number of benzene rings is 2. The molecule has 2 unspecified atom stereocenters. The molecule has 2 N–H and O–H groups in total. The third-order valence-corrected chi connectivity index (χ3v) is 8.14. The van der Waals surface area contributed by atoms with Gasteiger partial charge in [0, 0.05) is 61.5 Å². The van der Waals surface area contributed by atoms with Crippen LogP contribution in [-0.2, 0) is 0 Å². The number of terminal acetylenes is 1. The molecule has 5 heterocycles. The van der Waals surface area contributed by atoms with Crippen molar-refractivity contribution in [2.24, 2.45) is 0 Å². The number of piperazine rings is 1. The summed E-state index contributed by atoms with van der Waals surface area (Å²) in [5, 5.41) is 8.67. The number of pyridine rings is 1. The molecule has 3 fully saturated rings. The van der Waals surface area contributed by atoms with Gasteiger partial charge in [0.1, 0.15) is 22.8 Å². The molecule has 38 heavy (non-hydrogen) atoms. The smallest absolute Gasteiger partial charge is 0.228 e. The molecule has 0 radical (unpaired) electrons. The van der Waals surface area contributed by atoms with E-state index in [9.17, 15) is 4.39 Å². The summed E-state index contributed by atoms with van der Waals surface area (Å²) in [7, 11) is 1.93. The average Bonchev–Trinajstić information content (AvgIpc) is 3.25. The number of nitrogens with one attached hydrogen (secondary N) is 2. The van der Waals surface area contributed by atoms with Gasteiger partial charge in [-0.1, -0.05) is 30.2 Å². The third-order valence-electron chi connectivity index (χ3n) is 8.14. The zero-order chi connectivity index (χ0) is 26.0. The van der Waals surface area contributed by atoms with Crippen LogP contribution in [0.4, 0.5) is 20.5 Å². The molecule has 0 aliphatic carbocycles. The molecule has 2 aromatic heterocycles. The van der Waals surface area contributed by atoms with Crippen molar-refractivity contribution >= 4 is 33.4 Å². The number of likely N-dealkylation sites (N-methyl/N-ethyl adjacent to an activating group) is 1. The van der Waals surface area contributed by atoms with Crippen molar-refractivity contribution in [3.63, 3.8) is 0 Å². The van der Waals surface area contributed by atoms with E-state index in [1.165, 1.54) is 6.07 Å². The van der Waals surface area contributed by atoms with Crippen LogP contribution in [0.1, 0.15) is 18.4 Å². The molecule has 4 aromatic rings. The summed E-state index contributed by atoms with van der Waals surface area (Å²) >= 11 is 0. The number of hydrogen-bond donors (Lipinski definition) is 2. The van der Waals surface area contributed by atoms with Crippen molar-refractivity contribution in [2.75, 3.05) is 43.0 Å². The molecule has 192 valence electrons. The van der Waals surface area contributed by atoms with Crippen molar-refractivity contribution in [1.29, 1.82) is 0 Å². The predicted molar refractivity (Wildman–Crippen MR) is 145 cm³/mol. The Balaban J connectivity index is 1.43. The van der Waals surface area contributed by atoms with Gasteiger partial charge in [-0.3, -0.25) is 4.98 Å². The zero-order valence-electron chi connectivity index (χ0n) is 21.0. The Morgan fingerprint density at radius 2 is 1.82 bits per heavy atom. The first-order chi connectivity index (χ1) is 18.5. The Morgan fingerprint density at radius 3 is 2.55 bits per heavy atom. The summed E-state index contributed by atoms with van der Waals surface area (Å²) < 4.78 is 31.1. The zero-order valence-corrected chi connectivity index (χ0v) is 21.0. The normalized spacial score (nSPS) is 21.2. The summed E-state index contributed by atoms with van der Waals surface area (Å²) in [6.45, 7) is 3.11. The minimum absolute atomic E-state index is 0.0953. The number of hydrogen-bond acceptors (Lipinski definition) is 7. The van der Waals surface area contributed by atoms with Crippen LogP contribution in [0.2, 0.25) is 0 Å². The lowest BCUT2D eigenvalue weighted by Crippen LogP contribution is -2.57. The molecule has 7 nitrogen and oxygen atoms in total. The summed E-state index contributed by atoms with van der Waals surface area (Å²) in [6, 6.07) is 9.47. The minimum atomic E-state index is -0.559. The van der Waals surface area contributed by atoms with Gasteiger partial charge >= 0.3 is 0 Å². The molecule has 3 aliphatic heterocycles.